The first-order chi connectivity index (χ1) is 5.86. The second kappa shape index (κ2) is 4.04. The highest BCUT2D eigenvalue weighted by Gasteiger charge is 2.47. The lowest BCUT2D eigenvalue weighted by molar-refractivity contribution is 0.878. The number of hydrogen-bond acceptors (Lipinski definition) is 0. The van der Waals surface area contributed by atoms with Crippen LogP contribution in [0.2, 0.25) is 0 Å². The largest absolute Gasteiger partial charge is 0.227 e. The Morgan fingerprint density at radius 3 is 1.77 bits per heavy atom. The summed E-state index contributed by atoms with van der Waals surface area (Å²) in [5.74, 6) is 0. The van der Waals surface area contributed by atoms with Crippen LogP contribution in [0.1, 0.15) is 5.56 Å². The minimum Gasteiger partial charge on any atom is -0.0915 e. The normalized spacial score (nSPS) is 13.0. The van der Waals surface area contributed by atoms with Crippen molar-refractivity contribution < 1.29 is 0 Å². The van der Waals surface area contributed by atoms with Crippen molar-refractivity contribution in [1.82, 2.24) is 0 Å². The van der Waals surface area contributed by atoms with Crippen LogP contribution in [0.3, 0.4) is 0 Å². The highest BCUT2D eigenvalue weighted by Crippen LogP contribution is 2.52. The molecule has 1 rings (SSSR count). The molecule has 5 heteroatoms. The first-order valence-electron chi connectivity index (χ1n) is 3.27. The number of alkyl halides is 5. The highest BCUT2D eigenvalue weighted by molar-refractivity contribution is 6.75. The van der Waals surface area contributed by atoms with Gasteiger partial charge in [-0.25, -0.2) is 0 Å². The van der Waals surface area contributed by atoms with E-state index in [9.17, 15) is 0 Å². The standard InChI is InChI=1S/C8H4Cl5/c9-7(10,8(11,12)13)6-4-2-1-3-5-6/h2-5H. The van der Waals surface area contributed by atoms with Gasteiger partial charge in [0.25, 0.3) is 0 Å². The summed E-state index contributed by atoms with van der Waals surface area (Å²) in [6.45, 7) is 0. The van der Waals surface area contributed by atoms with Gasteiger partial charge in [-0.2, -0.15) is 0 Å². The van der Waals surface area contributed by atoms with Gasteiger partial charge in [-0.15, -0.1) is 0 Å². The van der Waals surface area contributed by atoms with Crippen LogP contribution in [-0.4, -0.2) is 3.79 Å². The molecule has 0 heterocycles. The summed E-state index contributed by atoms with van der Waals surface area (Å²) >= 11 is 28.6. The summed E-state index contributed by atoms with van der Waals surface area (Å²) in [6, 6.07) is 9.38. The van der Waals surface area contributed by atoms with Crippen molar-refractivity contribution in [2.75, 3.05) is 0 Å². The molecule has 1 radical (unpaired) electrons. The molecule has 0 amide bonds. The van der Waals surface area contributed by atoms with Crippen LogP contribution in [0.15, 0.2) is 24.3 Å². The first-order valence-corrected chi connectivity index (χ1v) is 5.16. The van der Waals surface area contributed by atoms with Crippen molar-refractivity contribution in [2.24, 2.45) is 0 Å². The Balaban J connectivity index is 3.08. The molecule has 0 aliphatic heterocycles. The Morgan fingerprint density at radius 2 is 1.38 bits per heavy atom. The fourth-order valence-corrected chi connectivity index (χ4v) is 1.34. The maximum atomic E-state index is 5.89. The maximum Gasteiger partial charge on any atom is 0.227 e. The van der Waals surface area contributed by atoms with E-state index in [4.69, 9.17) is 58.0 Å². The molecule has 1 aromatic carbocycles. The van der Waals surface area contributed by atoms with Gasteiger partial charge in [0.1, 0.15) is 0 Å². The number of benzene rings is 1. The lowest BCUT2D eigenvalue weighted by Crippen LogP contribution is -2.28. The van der Waals surface area contributed by atoms with Gasteiger partial charge in [-0.1, -0.05) is 82.3 Å². The van der Waals surface area contributed by atoms with E-state index in [1.165, 1.54) is 0 Å². The van der Waals surface area contributed by atoms with Crippen LogP contribution in [0.4, 0.5) is 0 Å². The number of halogens is 5. The molecule has 0 saturated heterocycles. The molecular weight excluding hydrogens is 273 g/mol. The molecule has 71 valence electrons. The van der Waals surface area contributed by atoms with Crippen LogP contribution in [0.25, 0.3) is 0 Å². The molecule has 0 spiro atoms. The lowest BCUT2D eigenvalue weighted by Gasteiger charge is -2.27. The first kappa shape index (κ1) is 11.7. The van der Waals surface area contributed by atoms with Crippen LogP contribution in [-0.2, 0) is 4.33 Å². The highest BCUT2D eigenvalue weighted by atomic mass is 35.6. The van der Waals surface area contributed by atoms with Gasteiger partial charge in [0.2, 0.25) is 3.79 Å². The monoisotopic (exact) mass is 275 g/mol. The van der Waals surface area contributed by atoms with Gasteiger partial charge in [0, 0.05) is 0 Å². The van der Waals surface area contributed by atoms with Crippen LogP contribution in [0.5, 0.6) is 0 Å². The average Bonchev–Trinajstić information content (AvgIpc) is 2.04. The van der Waals surface area contributed by atoms with E-state index in [1.54, 1.807) is 24.3 Å². The average molecular weight is 277 g/mol. The Labute approximate surface area is 102 Å². The fraction of sp³-hybridized carbons (Fsp3) is 0.250. The molecule has 0 nitrogen and oxygen atoms in total. The predicted molar refractivity (Wildman–Crippen MR) is 59.0 cm³/mol. The molecule has 0 aliphatic rings. The molecule has 0 bridgehead atoms. The van der Waals surface area contributed by atoms with Crippen molar-refractivity contribution in [3.63, 3.8) is 0 Å². The zero-order valence-corrected chi connectivity index (χ0v) is 9.98. The predicted octanol–water partition coefficient (Wildman–Crippen LogP) is 4.49. The van der Waals surface area contributed by atoms with E-state index in [0.29, 0.717) is 5.56 Å². The zero-order valence-electron chi connectivity index (χ0n) is 6.20. The van der Waals surface area contributed by atoms with Gasteiger partial charge >= 0.3 is 0 Å². The molecule has 13 heavy (non-hydrogen) atoms. The Kier molecular flexibility index (Phi) is 3.65. The zero-order chi connectivity index (χ0) is 10.1. The third-order valence-corrected chi connectivity index (χ3v) is 3.87. The maximum absolute atomic E-state index is 5.89. The van der Waals surface area contributed by atoms with Gasteiger partial charge in [0.05, 0.1) is 0 Å². The van der Waals surface area contributed by atoms with Gasteiger partial charge in [-0.3, -0.25) is 0 Å². The summed E-state index contributed by atoms with van der Waals surface area (Å²) in [6.07, 6.45) is 0. The van der Waals surface area contributed by atoms with E-state index in [2.05, 4.69) is 6.07 Å². The molecule has 0 N–H and O–H groups in total. The summed E-state index contributed by atoms with van der Waals surface area (Å²) in [4.78, 5) is 0. The molecule has 1 aromatic rings. The SMILES string of the molecule is ClC(Cl)(Cl)C(Cl)(Cl)c1cc[c]cc1. The summed E-state index contributed by atoms with van der Waals surface area (Å²) in [7, 11) is 0. The topological polar surface area (TPSA) is 0 Å². The van der Waals surface area contributed by atoms with Crippen molar-refractivity contribution in [2.45, 2.75) is 8.13 Å². The second-order valence-electron chi connectivity index (χ2n) is 2.36. The Hall–Kier alpha value is 0.670. The Bertz CT molecular complexity index is 274. The van der Waals surface area contributed by atoms with E-state index in [1.807, 2.05) is 0 Å². The van der Waals surface area contributed by atoms with Gasteiger partial charge < -0.3 is 0 Å². The van der Waals surface area contributed by atoms with Crippen molar-refractivity contribution in [1.29, 1.82) is 0 Å². The minimum absolute atomic E-state index is 0.523. The van der Waals surface area contributed by atoms with E-state index < -0.39 is 8.13 Å². The quantitative estimate of drug-likeness (QED) is 0.664. The van der Waals surface area contributed by atoms with Crippen molar-refractivity contribution >= 4 is 58.0 Å². The van der Waals surface area contributed by atoms with Crippen LogP contribution >= 0.6 is 58.0 Å². The smallest absolute Gasteiger partial charge is 0.0915 e. The number of hydrogen-bond donors (Lipinski definition) is 0. The summed E-state index contributed by atoms with van der Waals surface area (Å²) in [5.41, 5.74) is 0.523. The molecule has 0 fully saturated rings. The fourth-order valence-electron chi connectivity index (χ4n) is 0.760. The van der Waals surface area contributed by atoms with E-state index >= 15 is 0 Å². The molecule has 0 aromatic heterocycles. The Morgan fingerprint density at radius 1 is 0.923 bits per heavy atom. The van der Waals surface area contributed by atoms with Gasteiger partial charge in [-0.05, 0) is 11.6 Å². The number of rotatable bonds is 1. The third-order valence-electron chi connectivity index (χ3n) is 1.44. The summed E-state index contributed by atoms with van der Waals surface area (Å²) < 4.78 is -3.32. The summed E-state index contributed by atoms with van der Waals surface area (Å²) in [5, 5.41) is 0. The molecular formula is C8H4Cl5. The van der Waals surface area contributed by atoms with Crippen LogP contribution < -0.4 is 0 Å². The van der Waals surface area contributed by atoms with Gasteiger partial charge in [0.15, 0.2) is 4.33 Å². The minimum atomic E-state index is -1.77. The van der Waals surface area contributed by atoms with E-state index in [0.717, 1.165) is 0 Å². The second-order valence-corrected chi connectivity index (χ2v) is 5.97. The van der Waals surface area contributed by atoms with Crippen LogP contribution in [0, 0.1) is 6.07 Å². The van der Waals surface area contributed by atoms with Crippen molar-refractivity contribution in [3.8, 4) is 0 Å². The molecule has 0 saturated carbocycles. The lowest BCUT2D eigenvalue weighted by atomic mass is 10.1. The third kappa shape index (κ3) is 2.57. The molecule has 0 aliphatic carbocycles. The van der Waals surface area contributed by atoms with Crippen molar-refractivity contribution in [3.05, 3.63) is 35.9 Å². The molecule has 0 atom stereocenters. The van der Waals surface area contributed by atoms with E-state index in [-0.39, 0.29) is 0 Å². The molecule has 0 unspecified atom stereocenters.